The fourth-order valence-electron chi connectivity index (χ4n) is 1.41. The van der Waals surface area contributed by atoms with Crippen LogP contribution >= 0.6 is 50.7 Å². The van der Waals surface area contributed by atoms with Gasteiger partial charge in [0.05, 0.1) is 15.1 Å². The molecule has 0 radical (unpaired) electrons. The van der Waals surface area contributed by atoms with Crippen molar-refractivity contribution >= 4 is 56.5 Å². The molecule has 0 unspecified atom stereocenters. The van der Waals surface area contributed by atoms with E-state index in [4.69, 9.17) is 34.8 Å². The van der Waals surface area contributed by atoms with E-state index in [-0.39, 0.29) is 27.2 Å². The first-order valence-corrected chi connectivity index (χ1v) is 6.60. The Labute approximate surface area is 126 Å². The number of aromatic nitrogens is 1. The van der Waals surface area contributed by atoms with Crippen LogP contribution in [0.4, 0.5) is 0 Å². The number of rotatable bonds is 2. The fourth-order valence-corrected chi connectivity index (χ4v) is 2.50. The topological polar surface area (TPSA) is 53.1 Å². The first kappa shape index (κ1) is 13.7. The number of phenols is 1. The van der Waals surface area contributed by atoms with Crippen molar-refractivity contribution in [3.05, 3.63) is 49.1 Å². The molecule has 0 spiro atoms. The Kier molecular flexibility index (Phi) is 3.92. The maximum Gasteiger partial charge on any atom is 0.214 e. The van der Waals surface area contributed by atoms with Crippen molar-refractivity contribution in [1.29, 1.82) is 0 Å². The van der Waals surface area contributed by atoms with Gasteiger partial charge in [0.1, 0.15) is 16.6 Å². The van der Waals surface area contributed by atoms with E-state index in [1.54, 1.807) is 0 Å². The van der Waals surface area contributed by atoms with Gasteiger partial charge in [-0.15, -0.1) is 0 Å². The lowest BCUT2D eigenvalue weighted by Gasteiger charge is -2.03. The number of hydrogen-bond acceptors (Lipinski definition) is 2. The molecule has 0 aliphatic rings. The molecule has 3 nitrogen and oxygen atoms in total. The van der Waals surface area contributed by atoms with Gasteiger partial charge >= 0.3 is 0 Å². The number of H-pyrrole nitrogens is 1. The Balaban J connectivity index is 2.54. The summed E-state index contributed by atoms with van der Waals surface area (Å²) in [4.78, 5) is 14.8. The second kappa shape index (κ2) is 5.13. The summed E-state index contributed by atoms with van der Waals surface area (Å²) in [7, 11) is 0. The normalized spacial score (nSPS) is 10.7. The summed E-state index contributed by atoms with van der Waals surface area (Å²) in [6.45, 7) is 0. The van der Waals surface area contributed by atoms with Gasteiger partial charge < -0.3 is 10.1 Å². The molecule has 0 bridgehead atoms. The van der Waals surface area contributed by atoms with Crippen LogP contribution < -0.4 is 0 Å². The second-order valence-electron chi connectivity index (χ2n) is 3.43. The van der Waals surface area contributed by atoms with Gasteiger partial charge in [-0.1, -0.05) is 34.8 Å². The summed E-state index contributed by atoms with van der Waals surface area (Å²) in [5.74, 6) is -0.631. The van der Waals surface area contributed by atoms with Crippen molar-refractivity contribution in [1.82, 2.24) is 4.98 Å². The molecule has 0 saturated carbocycles. The van der Waals surface area contributed by atoms with Gasteiger partial charge in [-0.25, -0.2) is 0 Å². The molecule has 2 rings (SSSR count). The highest BCUT2D eigenvalue weighted by atomic mass is 79.9. The number of phenolic OH excluding ortho intramolecular Hbond substituents is 1. The van der Waals surface area contributed by atoms with Crippen LogP contribution in [0, 0.1) is 0 Å². The van der Waals surface area contributed by atoms with Gasteiger partial charge in [0, 0.05) is 5.02 Å². The highest BCUT2D eigenvalue weighted by Gasteiger charge is 2.22. The van der Waals surface area contributed by atoms with Crippen molar-refractivity contribution in [3.63, 3.8) is 0 Å². The monoisotopic (exact) mass is 367 g/mol. The van der Waals surface area contributed by atoms with E-state index in [9.17, 15) is 9.90 Å². The molecule has 18 heavy (non-hydrogen) atoms. The maximum absolute atomic E-state index is 12.2. The Hall–Kier alpha value is -0.680. The van der Waals surface area contributed by atoms with Crippen molar-refractivity contribution in [2.75, 3.05) is 0 Å². The zero-order chi connectivity index (χ0) is 13.4. The summed E-state index contributed by atoms with van der Waals surface area (Å²) in [6.07, 6.45) is 0. The van der Waals surface area contributed by atoms with E-state index in [1.807, 2.05) is 0 Å². The molecule has 0 amide bonds. The Morgan fingerprint density at radius 1 is 1.28 bits per heavy atom. The largest absolute Gasteiger partial charge is 0.507 e. The number of benzene rings is 1. The van der Waals surface area contributed by atoms with Crippen LogP contribution in [-0.2, 0) is 0 Å². The number of carbonyl (C=O) groups is 1. The van der Waals surface area contributed by atoms with E-state index in [1.165, 1.54) is 18.2 Å². The standard InChI is InChI=1S/C11H5BrCl3NO2/c12-7-8(14)11(15)16-9(7)10(18)5-3-4(13)1-2-6(5)17/h1-3,16-17H. The predicted molar refractivity (Wildman–Crippen MR) is 75.1 cm³/mol. The molecule has 1 aromatic carbocycles. The van der Waals surface area contributed by atoms with E-state index in [0.717, 1.165) is 0 Å². The summed E-state index contributed by atoms with van der Waals surface area (Å²) < 4.78 is 0.346. The van der Waals surface area contributed by atoms with Crippen LogP contribution in [0.25, 0.3) is 0 Å². The third kappa shape index (κ3) is 2.38. The second-order valence-corrected chi connectivity index (χ2v) is 5.42. The number of halogens is 4. The first-order chi connectivity index (χ1) is 8.41. The lowest BCUT2D eigenvalue weighted by Crippen LogP contribution is -2.03. The molecule has 0 aliphatic carbocycles. The molecule has 2 N–H and O–H groups in total. The zero-order valence-corrected chi connectivity index (χ0v) is 12.5. The third-order valence-corrected chi connectivity index (χ3v) is 4.28. The van der Waals surface area contributed by atoms with Gasteiger partial charge in [0.2, 0.25) is 5.78 Å². The summed E-state index contributed by atoms with van der Waals surface area (Å²) in [5.41, 5.74) is 0.223. The van der Waals surface area contributed by atoms with Gasteiger partial charge in [0.15, 0.2) is 0 Å². The quantitative estimate of drug-likeness (QED) is 0.756. The van der Waals surface area contributed by atoms with Crippen molar-refractivity contribution < 1.29 is 9.90 Å². The Bertz CT molecular complexity index is 639. The van der Waals surface area contributed by atoms with Gasteiger partial charge in [-0.2, -0.15) is 0 Å². The number of aromatic amines is 1. The van der Waals surface area contributed by atoms with Crippen molar-refractivity contribution in [2.24, 2.45) is 0 Å². The van der Waals surface area contributed by atoms with Crippen molar-refractivity contribution in [2.45, 2.75) is 0 Å². The Morgan fingerprint density at radius 3 is 2.50 bits per heavy atom. The summed E-state index contributed by atoms with van der Waals surface area (Å²) in [6, 6.07) is 4.20. The molecular formula is C11H5BrCl3NO2. The van der Waals surface area contributed by atoms with E-state index < -0.39 is 5.78 Å². The number of aromatic hydroxyl groups is 1. The van der Waals surface area contributed by atoms with E-state index >= 15 is 0 Å². The lowest BCUT2D eigenvalue weighted by molar-refractivity contribution is 0.103. The Morgan fingerprint density at radius 2 is 1.94 bits per heavy atom. The van der Waals surface area contributed by atoms with Crippen molar-refractivity contribution in [3.8, 4) is 5.75 Å². The number of ketones is 1. The average Bonchev–Trinajstić information content (AvgIpc) is 2.59. The smallest absolute Gasteiger partial charge is 0.214 e. The van der Waals surface area contributed by atoms with Gasteiger partial charge in [-0.3, -0.25) is 4.79 Å². The first-order valence-electron chi connectivity index (χ1n) is 4.67. The molecule has 0 atom stereocenters. The number of hydrogen-bond donors (Lipinski definition) is 2. The minimum atomic E-state index is -0.462. The number of nitrogens with one attached hydrogen (secondary N) is 1. The molecule has 2 aromatic rings. The third-order valence-electron chi connectivity index (χ3n) is 2.27. The van der Waals surface area contributed by atoms with Crippen LogP contribution in [0.1, 0.15) is 16.1 Å². The molecular weight excluding hydrogens is 364 g/mol. The van der Waals surface area contributed by atoms with Crippen LogP contribution in [0.15, 0.2) is 22.7 Å². The van der Waals surface area contributed by atoms with E-state index in [2.05, 4.69) is 20.9 Å². The van der Waals surface area contributed by atoms with Gasteiger partial charge in [0.25, 0.3) is 0 Å². The summed E-state index contributed by atoms with van der Waals surface area (Å²) in [5, 5.41) is 10.4. The molecule has 1 heterocycles. The molecule has 0 fully saturated rings. The summed E-state index contributed by atoms with van der Waals surface area (Å²) >= 11 is 20.6. The van der Waals surface area contributed by atoms with E-state index in [0.29, 0.717) is 9.50 Å². The van der Waals surface area contributed by atoms with Gasteiger partial charge in [-0.05, 0) is 34.1 Å². The molecule has 0 saturated heterocycles. The molecule has 7 heteroatoms. The minimum absolute atomic E-state index is 0.0674. The molecule has 1 aromatic heterocycles. The highest BCUT2D eigenvalue weighted by Crippen LogP contribution is 2.35. The lowest BCUT2D eigenvalue weighted by atomic mass is 10.1. The van der Waals surface area contributed by atoms with Crippen LogP contribution in [0.2, 0.25) is 15.2 Å². The number of carbonyl (C=O) groups excluding carboxylic acids is 1. The molecule has 0 aliphatic heterocycles. The van der Waals surface area contributed by atoms with Crippen LogP contribution in [0.3, 0.4) is 0 Å². The van der Waals surface area contributed by atoms with Crippen LogP contribution in [0.5, 0.6) is 5.75 Å². The van der Waals surface area contributed by atoms with Crippen LogP contribution in [-0.4, -0.2) is 15.9 Å². The fraction of sp³-hybridized carbons (Fsp3) is 0. The minimum Gasteiger partial charge on any atom is -0.507 e. The maximum atomic E-state index is 12.2. The SMILES string of the molecule is O=C(c1cc(Cl)ccc1O)c1[nH]c(Cl)c(Cl)c1Br. The highest BCUT2D eigenvalue weighted by molar-refractivity contribution is 9.10. The average molecular weight is 369 g/mol. The molecule has 94 valence electrons. The predicted octanol–water partition coefficient (Wildman–Crippen LogP) is 4.67. The zero-order valence-electron chi connectivity index (χ0n) is 8.60.